The van der Waals surface area contributed by atoms with Gasteiger partial charge in [0.05, 0.1) is 6.04 Å². The fraction of sp³-hybridized carbons (Fsp3) is 0.500. The van der Waals surface area contributed by atoms with Crippen molar-refractivity contribution >= 4 is 0 Å². The zero-order valence-corrected chi connectivity index (χ0v) is 9.39. The minimum atomic E-state index is 0.134. The van der Waals surface area contributed by atoms with Gasteiger partial charge in [0.15, 0.2) is 0 Å². The minimum Gasteiger partial charge on any atom is -0.352 e. The molecule has 0 bridgehead atoms. The summed E-state index contributed by atoms with van der Waals surface area (Å²) in [4.78, 5) is 0. The number of hydrogen-bond acceptors (Lipinski definition) is 1. The zero-order chi connectivity index (χ0) is 10.7. The van der Waals surface area contributed by atoms with Gasteiger partial charge in [-0.05, 0) is 32.4 Å². The molecule has 1 N–H and O–H groups in total. The Hall–Kier alpha value is -1.20. The van der Waals surface area contributed by atoms with Crippen molar-refractivity contribution in [2.24, 2.45) is 7.05 Å². The van der Waals surface area contributed by atoms with Gasteiger partial charge in [-0.25, -0.2) is 0 Å². The van der Waals surface area contributed by atoms with E-state index in [1.54, 1.807) is 0 Å². The fourth-order valence-corrected chi connectivity index (χ4v) is 1.43. The lowest BCUT2D eigenvalue weighted by molar-refractivity contribution is 0.644. The maximum atomic E-state index is 5.29. The van der Waals surface area contributed by atoms with Crippen LogP contribution in [0.1, 0.15) is 23.9 Å². The second-order valence-electron chi connectivity index (χ2n) is 3.72. The number of aryl methyl sites for hydroxylation is 1. The van der Waals surface area contributed by atoms with Crippen molar-refractivity contribution in [3.63, 3.8) is 0 Å². The summed E-state index contributed by atoms with van der Waals surface area (Å²) in [6, 6.07) is 2.33. The van der Waals surface area contributed by atoms with Gasteiger partial charge in [0.25, 0.3) is 0 Å². The third-order valence-electron chi connectivity index (χ3n) is 2.73. The molecule has 1 aromatic rings. The van der Waals surface area contributed by atoms with Gasteiger partial charge in [0.1, 0.15) is 0 Å². The SMILES string of the molecule is C#CC(C)NCc1cc(C)n(C)c1C. The van der Waals surface area contributed by atoms with Crippen molar-refractivity contribution in [3.05, 3.63) is 23.0 Å². The van der Waals surface area contributed by atoms with E-state index in [0.29, 0.717) is 0 Å². The first-order chi connectivity index (χ1) is 6.56. The molecule has 1 atom stereocenters. The number of hydrogen-bond donors (Lipinski definition) is 1. The number of aromatic nitrogens is 1. The van der Waals surface area contributed by atoms with Crippen molar-refractivity contribution < 1.29 is 0 Å². The molecular weight excluding hydrogens is 172 g/mol. The smallest absolute Gasteiger partial charge is 0.0660 e. The maximum Gasteiger partial charge on any atom is 0.0660 e. The summed E-state index contributed by atoms with van der Waals surface area (Å²) in [5, 5.41) is 3.28. The lowest BCUT2D eigenvalue weighted by Crippen LogP contribution is -2.23. The van der Waals surface area contributed by atoms with Gasteiger partial charge < -0.3 is 4.57 Å². The van der Waals surface area contributed by atoms with Crippen LogP contribution >= 0.6 is 0 Å². The fourth-order valence-electron chi connectivity index (χ4n) is 1.43. The highest BCUT2D eigenvalue weighted by Gasteiger charge is 2.06. The summed E-state index contributed by atoms with van der Waals surface area (Å²) in [5.74, 6) is 2.66. The molecule has 1 unspecified atom stereocenters. The van der Waals surface area contributed by atoms with E-state index >= 15 is 0 Å². The molecule has 76 valence electrons. The van der Waals surface area contributed by atoms with E-state index in [0.717, 1.165) is 6.54 Å². The predicted octanol–water partition coefficient (Wildman–Crippen LogP) is 1.75. The average Bonchev–Trinajstić information content (AvgIpc) is 2.42. The van der Waals surface area contributed by atoms with Gasteiger partial charge in [-0.15, -0.1) is 6.42 Å². The van der Waals surface area contributed by atoms with Gasteiger partial charge in [0, 0.05) is 25.0 Å². The van der Waals surface area contributed by atoms with Gasteiger partial charge in [-0.1, -0.05) is 5.92 Å². The van der Waals surface area contributed by atoms with E-state index in [-0.39, 0.29) is 6.04 Å². The van der Waals surface area contributed by atoms with Crippen LogP contribution in [-0.2, 0) is 13.6 Å². The molecule has 0 aliphatic heterocycles. The second kappa shape index (κ2) is 4.34. The number of nitrogens with one attached hydrogen (secondary N) is 1. The standard InChI is InChI=1S/C12H18N2/c1-6-9(2)13-8-12-7-10(3)14(5)11(12)4/h1,7,9,13H,8H2,2-5H3. The van der Waals surface area contributed by atoms with Gasteiger partial charge in [-0.3, -0.25) is 5.32 Å². The lowest BCUT2D eigenvalue weighted by Gasteiger charge is -2.07. The van der Waals surface area contributed by atoms with E-state index in [4.69, 9.17) is 6.42 Å². The Morgan fingerprint density at radius 1 is 1.57 bits per heavy atom. The Morgan fingerprint density at radius 3 is 2.64 bits per heavy atom. The van der Waals surface area contributed by atoms with Gasteiger partial charge >= 0.3 is 0 Å². The summed E-state index contributed by atoms with van der Waals surface area (Å²) in [6.45, 7) is 7.08. The molecule has 0 aliphatic rings. The van der Waals surface area contributed by atoms with Crippen molar-refractivity contribution in [2.75, 3.05) is 0 Å². The summed E-state index contributed by atoms with van der Waals surface area (Å²) >= 11 is 0. The highest BCUT2D eigenvalue weighted by Crippen LogP contribution is 2.12. The van der Waals surface area contributed by atoms with Gasteiger partial charge in [0.2, 0.25) is 0 Å². The Kier molecular flexibility index (Phi) is 3.38. The molecule has 0 aliphatic carbocycles. The van der Waals surface area contributed by atoms with Crippen molar-refractivity contribution in [3.8, 4) is 12.3 Å². The molecule has 0 fully saturated rings. The van der Waals surface area contributed by atoms with E-state index < -0.39 is 0 Å². The molecule has 0 saturated heterocycles. The first-order valence-corrected chi connectivity index (χ1v) is 4.87. The Labute approximate surface area is 86.3 Å². The molecule has 2 heteroatoms. The number of nitrogens with zero attached hydrogens (tertiary/aromatic N) is 1. The van der Waals surface area contributed by atoms with Crippen LogP contribution in [0, 0.1) is 26.2 Å². The molecule has 0 aromatic carbocycles. The second-order valence-corrected chi connectivity index (χ2v) is 3.72. The third kappa shape index (κ3) is 2.18. The van der Waals surface area contributed by atoms with Crippen molar-refractivity contribution in [1.82, 2.24) is 9.88 Å². The average molecular weight is 190 g/mol. The van der Waals surface area contributed by atoms with Crippen LogP contribution in [0.2, 0.25) is 0 Å². The quantitative estimate of drug-likeness (QED) is 0.719. The summed E-state index contributed by atoms with van der Waals surface area (Å²) < 4.78 is 2.19. The monoisotopic (exact) mass is 190 g/mol. The molecule has 0 radical (unpaired) electrons. The van der Waals surface area contributed by atoms with E-state index in [9.17, 15) is 0 Å². The topological polar surface area (TPSA) is 17.0 Å². The molecule has 0 saturated carbocycles. The van der Waals surface area contributed by atoms with E-state index in [1.807, 2.05) is 6.92 Å². The van der Waals surface area contributed by atoms with Crippen LogP contribution in [0.5, 0.6) is 0 Å². The molecule has 1 heterocycles. The first kappa shape index (κ1) is 10.9. The van der Waals surface area contributed by atoms with Gasteiger partial charge in [-0.2, -0.15) is 0 Å². The van der Waals surface area contributed by atoms with Crippen molar-refractivity contribution in [1.29, 1.82) is 0 Å². The maximum absolute atomic E-state index is 5.29. The molecule has 2 nitrogen and oxygen atoms in total. The Balaban J connectivity index is 2.69. The molecule has 14 heavy (non-hydrogen) atoms. The molecule has 0 spiro atoms. The zero-order valence-electron chi connectivity index (χ0n) is 9.39. The molecule has 1 aromatic heterocycles. The minimum absolute atomic E-state index is 0.134. The number of rotatable bonds is 3. The Bertz CT molecular complexity index is 355. The summed E-state index contributed by atoms with van der Waals surface area (Å²) in [6.07, 6.45) is 5.29. The summed E-state index contributed by atoms with van der Waals surface area (Å²) in [7, 11) is 2.08. The molecule has 1 rings (SSSR count). The van der Waals surface area contributed by atoms with Crippen LogP contribution < -0.4 is 5.32 Å². The van der Waals surface area contributed by atoms with Crippen molar-refractivity contribution in [2.45, 2.75) is 33.4 Å². The predicted molar refractivity (Wildman–Crippen MR) is 60.0 cm³/mol. The van der Waals surface area contributed by atoms with Crippen LogP contribution in [0.3, 0.4) is 0 Å². The molecular formula is C12H18N2. The highest BCUT2D eigenvalue weighted by molar-refractivity contribution is 5.26. The summed E-state index contributed by atoms with van der Waals surface area (Å²) in [5.41, 5.74) is 3.92. The van der Waals surface area contributed by atoms with Crippen LogP contribution in [-0.4, -0.2) is 10.6 Å². The lowest BCUT2D eigenvalue weighted by atomic mass is 10.2. The largest absolute Gasteiger partial charge is 0.352 e. The third-order valence-corrected chi connectivity index (χ3v) is 2.73. The van der Waals surface area contributed by atoms with E-state index in [1.165, 1.54) is 17.0 Å². The molecule has 0 amide bonds. The number of terminal acetylenes is 1. The van der Waals surface area contributed by atoms with Crippen LogP contribution in [0.4, 0.5) is 0 Å². The highest BCUT2D eigenvalue weighted by atomic mass is 15.0. The Morgan fingerprint density at radius 2 is 2.21 bits per heavy atom. The normalized spacial score (nSPS) is 12.5. The van der Waals surface area contributed by atoms with Crippen LogP contribution in [0.25, 0.3) is 0 Å². The van der Waals surface area contributed by atoms with E-state index in [2.05, 4.69) is 42.8 Å². The first-order valence-electron chi connectivity index (χ1n) is 4.87. The van der Waals surface area contributed by atoms with Crippen LogP contribution in [0.15, 0.2) is 6.07 Å².